The molecule has 0 atom stereocenters. The first-order valence-electron chi connectivity index (χ1n) is 6.36. The maximum Gasteiger partial charge on any atom is 0.272 e. The van der Waals surface area contributed by atoms with Crippen LogP contribution < -0.4 is 0 Å². The van der Waals surface area contributed by atoms with E-state index in [9.17, 15) is 4.79 Å². The molecule has 1 fully saturated rings. The van der Waals surface area contributed by atoms with Crippen molar-refractivity contribution in [3.63, 3.8) is 0 Å². The second kappa shape index (κ2) is 5.65. The number of aryl methyl sites for hydroxylation is 1. The molecule has 1 aliphatic rings. The van der Waals surface area contributed by atoms with Gasteiger partial charge in [0.25, 0.3) is 5.91 Å². The van der Waals surface area contributed by atoms with Crippen LogP contribution in [0.3, 0.4) is 0 Å². The summed E-state index contributed by atoms with van der Waals surface area (Å²) < 4.78 is 0. The smallest absolute Gasteiger partial charge is 0.272 e. The van der Waals surface area contributed by atoms with Crippen molar-refractivity contribution >= 4 is 17.5 Å². The zero-order valence-corrected chi connectivity index (χ0v) is 11.6. The Hall–Kier alpha value is -1.16. The summed E-state index contributed by atoms with van der Waals surface area (Å²) in [7, 11) is 1.85. The minimum atomic E-state index is -0.0608. The first-order chi connectivity index (χ1) is 8.58. The van der Waals surface area contributed by atoms with Crippen LogP contribution in [0.4, 0.5) is 0 Å². The van der Waals surface area contributed by atoms with E-state index in [1.54, 1.807) is 11.0 Å². The molecule has 1 amide bonds. The van der Waals surface area contributed by atoms with Gasteiger partial charge in [0.05, 0.1) is 0 Å². The number of amides is 1. The summed E-state index contributed by atoms with van der Waals surface area (Å²) in [4.78, 5) is 22.1. The van der Waals surface area contributed by atoms with Gasteiger partial charge in [-0.2, -0.15) is 0 Å². The molecule has 0 unspecified atom stereocenters. The van der Waals surface area contributed by atoms with Crippen LogP contribution in [0.25, 0.3) is 0 Å². The third kappa shape index (κ3) is 2.99. The largest absolute Gasteiger partial charge is 0.337 e. The molecule has 0 spiro atoms. The lowest BCUT2D eigenvalue weighted by atomic mass is 9.94. The van der Waals surface area contributed by atoms with E-state index in [2.05, 4.69) is 9.97 Å². The second-order valence-electron chi connectivity index (χ2n) is 4.87. The number of nitrogens with zero attached hydrogens (tertiary/aromatic N) is 3. The summed E-state index contributed by atoms with van der Waals surface area (Å²) in [6.07, 6.45) is 5.84. The van der Waals surface area contributed by atoms with Gasteiger partial charge in [0.15, 0.2) is 0 Å². The molecule has 0 saturated heterocycles. The van der Waals surface area contributed by atoms with Crippen molar-refractivity contribution in [3.8, 4) is 0 Å². The maximum atomic E-state index is 12.3. The standard InChI is InChI=1S/C13H18ClN3O/c1-9-8-11(16-13(14)15-9)12(18)17(2)10-6-4-3-5-7-10/h8,10H,3-7H2,1-2H3. The van der Waals surface area contributed by atoms with E-state index in [0.29, 0.717) is 11.7 Å². The van der Waals surface area contributed by atoms with Crippen LogP contribution in [0.2, 0.25) is 5.28 Å². The molecule has 1 aromatic rings. The number of carbonyl (C=O) groups excluding carboxylic acids is 1. The highest BCUT2D eigenvalue weighted by atomic mass is 35.5. The van der Waals surface area contributed by atoms with E-state index in [1.165, 1.54) is 19.3 Å². The van der Waals surface area contributed by atoms with Crippen molar-refractivity contribution in [2.45, 2.75) is 45.1 Å². The maximum absolute atomic E-state index is 12.3. The Labute approximate surface area is 112 Å². The van der Waals surface area contributed by atoms with Gasteiger partial charge in [-0.1, -0.05) is 19.3 Å². The van der Waals surface area contributed by atoms with Gasteiger partial charge in [-0.25, -0.2) is 9.97 Å². The highest BCUT2D eigenvalue weighted by Gasteiger charge is 2.24. The van der Waals surface area contributed by atoms with E-state index in [4.69, 9.17) is 11.6 Å². The molecule has 0 aliphatic heterocycles. The predicted octanol–water partition coefficient (Wildman–Crippen LogP) is 2.84. The number of hydrogen-bond donors (Lipinski definition) is 0. The van der Waals surface area contributed by atoms with Crippen LogP contribution in [0.5, 0.6) is 0 Å². The van der Waals surface area contributed by atoms with Gasteiger partial charge >= 0.3 is 0 Å². The molecule has 2 rings (SSSR count). The van der Waals surface area contributed by atoms with E-state index in [0.717, 1.165) is 18.5 Å². The van der Waals surface area contributed by atoms with Gasteiger partial charge < -0.3 is 4.90 Å². The van der Waals surface area contributed by atoms with Crippen molar-refractivity contribution in [2.24, 2.45) is 0 Å². The van der Waals surface area contributed by atoms with E-state index in [-0.39, 0.29) is 11.2 Å². The minimum absolute atomic E-state index is 0.0608. The van der Waals surface area contributed by atoms with E-state index in [1.807, 2.05) is 14.0 Å². The number of halogens is 1. The van der Waals surface area contributed by atoms with Gasteiger partial charge in [0.1, 0.15) is 5.69 Å². The molecule has 1 heterocycles. The van der Waals surface area contributed by atoms with Gasteiger partial charge in [0.2, 0.25) is 5.28 Å². The Balaban J connectivity index is 2.14. The second-order valence-corrected chi connectivity index (χ2v) is 5.21. The molecule has 18 heavy (non-hydrogen) atoms. The van der Waals surface area contributed by atoms with Crippen molar-refractivity contribution in [3.05, 3.63) is 22.7 Å². The Morgan fingerprint density at radius 1 is 1.33 bits per heavy atom. The topological polar surface area (TPSA) is 46.1 Å². The fraction of sp³-hybridized carbons (Fsp3) is 0.615. The molecule has 0 bridgehead atoms. The summed E-state index contributed by atoms with van der Waals surface area (Å²) in [5.41, 5.74) is 1.11. The normalized spacial score (nSPS) is 16.6. The molecule has 1 aromatic heterocycles. The molecule has 98 valence electrons. The number of aromatic nitrogens is 2. The van der Waals surface area contributed by atoms with Crippen LogP contribution in [0.1, 0.15) is 48.3 Å². The molecule has 5 heteroatoms. The van der Waals surface area contributed by atoms with Crippen LogP contribution in [-0.2, 0) is 0 Å². The molecule has 0 N–H and O–H groups in total. The molecule has 4 nitrogen and oxygen atoms in total. The van der Waals surface area contributed by atoms with Crippen LogP contribution in [0.15, 0.2) is 6.07 Å². The highest BCUT2D eigenvalue weighted by molar-refractivity contribution is 6.28. The van der Waals surface area contributed by atoms with Gasteiger partial charge in [-0.05, 0) is 37.4 Å². The van der Waals surface area contributed by atoms with E-state index < -0.39 is 0 Å². The van der Waals surface area contributed by atoms with Crippen molar-refractivity contribution in [1.29, 1.82) is 0 Å². The average Bonchev–Trinajstić information content (AvgIpc) is 2.37. The Bertz CT molecular complexity index is 424. The van der Waals surface area contributed by atoms with Crippen LogP contribution in [-0.4, -0.2) is 33.9 Å². The summed E-state index contributed by atoms with van der Waals surface area (Å²) in [5, 5.41) is 0.135. The number of hydrogen-bond acceptors (Lipinski definition) is 3. The average molecular weight is 268 g/mol. The zero-order chi connectivity index (χ0) is 13.1. The fourth-order valence-corrected chi connectivity index (χ4v) is 2.68. The minimum Gasteiger partial charge on any atom is -0.337 e. The van der Waals surface area contributed by atoms with Crippen LogP contribution >= 0.6 is 11.6 Å². The lowest BCUT2D eigenvalue weighted by molar-refractivity contribution is 0.0690. The van der Waals surface area contributed by atoms with Crippen molar-refractivity contribution in [2.75, 3.05) is 7.05 Å². The summed E-state index contributed by atoms with van der Waals surface area (Å²) in [6, 6.07) is 2.02. The van der Waals surface area contributed by atoms with Gasteiger partial charge in [0, 0.05) is 18.8 Å². The molecular formula is C13H18ClN3O. The molecular weight excluding hydrogens is 250 g/mol. The van der Waals surface area contributed by atoms with Gasteiger partial charge in [-0.15, -0.1) is 0 Å². The third-order valence-electron chi connectivity index (χ3n) is 3.49. The summed E-state index contributed by atoms with van der Waals surface area (Å²) in [6.45, 7) is 1.81. The number of rotatable bonds is 2. The Morgan fingerprint density at radius 3 is 2.61 bits per heavy atom. The van der Waals surface area contributed by atoms with Gasteiger partial charge in [-0.3, -0.25) is 4.79 Å². The summed E-state index contributed by atoms with van der Waals surface area (Å²) >= 11 is 5.79. The van der Waals surface area contributed by atoms with Crippen LogP contribution in [0, 0.1) is 6.92 Å². The lowest BCUT2D eigenvalue weighted by Crippen LogP contribution is -2.38. The Kier molecular flexibility index (Phi) is 4.17. The fourth-order valence-electron chi connectivity index (χ4n) is 2.46. The molecule has 1 saturated carbocycles. The van der Waals surface area contributed by atoms with E-state index >= 15 is 0 Å². The van der Waals surface area contributed by atoms with Crippen molar-refractivity contribution < 1.29 is 4.79 Å². The molecule has 0 aromatic carbocycles. The van der Waals surface area contributed by atoms with Crippen molar-refractivity contribution in [1.82, 2.24) is 14.9 Å². The predicted molar refractivity (Wildman–Crippen MR) is 70.7 cm³/mol. The first kappa shape index (κ1) is 13.3. The number of carbonyl (C=O) groups is 1. The SMILES string of the molecule is Cc1cc(C(=O)N(C)C2CCCCC2)nc(Cl)n1. The zero-order valence-electron chi connectivity index (χ0n) is 10.8. The Morgan fingerprint density at radius 2 is 2.00 bits per heavy atom. The molecule has 1 aliphatic carbocycles. The summed E-state index contributed by atoms with van der Waals surface area (Å²) in [5.74, 6) is -0.0608. The first-order valence-corrected chi connectivity index (χ1v) is 6.74. The highest BCUT2D eigenvalue weighted by Crippen LogP contribution is 2.22. The monoisotopic (exact) mass is 267 g/mol. The molecule has 0 radical (unpaired) electrons. The quantitative estimate of drug-likeness (QED) is 0.774. The lowest BCUT2D eigenvalue weighted by Gasteiger charge is -2.31. The third-order valence-corrected chi connectivity index (χ3v) is 3.66.